The minimum Gasteiger partial charge on any atom is -0.337 e. The quantitative estimate of drug-likeness (QED) is 0.552. The van der Waals surface area contributed by atoms with Crippen LogP contribution in [-0.4, -0.2) is 10.5 Å². The van der Waals surface area contributed by atoms with E-state index in [1.165, 1.54) is 10.9 Å². The van der Waals surface area contributed by atoms with E-state index in [0.717, 1.165) is 39.0 Å². The van der Waals surface area contributed by atoms with Crippen molar-refractivity contribution in [3.05, 3.63) is 62.9 Å². The fraction of sp³-hybridized carbons (Fsp3) is 0.250. The van der Waals surface area contributed by atoms with Gasteiger partial charge < -0.3 is 9.88 Å². The van der Waals surface area contributed by atoms with Crippen LogP contribution in [0.2, 0.25) is 0 Å². The van der Waals surface area contributed by atoms with Gasteiger partial charge in [0.1, 0.15) is 5.69 Å². The van der Waals surface area contributed by atoms with Crippen molar-refractivity contribution in [1.29, 1.82) is 0 Å². The summed E-state index contributed by atoms with van der Waals surface area (Å²) in [6.07, 6.45) is 0.997. The van der Waals surface area contributed by atoms with Crippen LogP contribution >= 0.6 is 22.6 Å². The number of nitrogens with zero attached hydrogens (tertiary/aromatic N) is 1. The molecule has 2 aromatic carbocycles. The summed E-state index contributed by atoms with van der Waals surface area (Å²) in [6.45, 7) is 7.04. The van der Waals surface area contributed by atoms with Gasteiger partial charge in [-0.2, -0.15) is 0 Å². The van der Waals surface area contributed by atoms with Crippen molar-refractivity contribution in [3.8, 4) is 0 Å². The molecule has 0 aliphatic rings. The highest BCUT2D eigenvalue weighted by Gasteiger charge is 2.19. The number of carbonyl (C=O) groups excluding carboxylic acids is 1. The van der Waals surface area contributed by atoms with Gasteiger partial charge in [-0.25, -0.2) is 0 Å². The molecule has 24 heavy (non-hydrogen) atoms. The second-order valence-corrected chi connectivity index (χ2v) is 7.13. The summed E-state index contributed by atoms with van der Waals surface area (Å²) in [5, 5.41) is 4.20. The van der Waals surface area contributed by atoms with E-state index in [-0.39, 0.29) is 5.91 Å². The van der Waals surface area contributed by atoms with Crippen molar-refractivity contribution >= 4 is 45.1 Å². The maximum atomic E-state index is 12.9. The summed E-state index contributed by atoms with van der Waals surface area (Å²) < 4.78 is 3.25. The zero-order valence-corrected chi connectivity index (χ0v) is 16.3. The molecule has 0 radical (unpaired) electrons. The Morgan fingerprint density at radius 3 is 2.46 bits per heavy atom. The lowest BCUT2D eigenvalue weighted by molar-refractivity contribution is 0.101. The molecule has 0 saturated heterocycles. The van der Waals surface area contributed by atoms with Crippen LogP contribution in [0.3, 0.4) is 0 Å². The first-order valence-corrected chi connectivity index (χ1v) is 9.31. The third-order valence-electron chi connectivity index (χ3n) is 4.42. The van der Waals surface area contributed by atoms with Gasteiger partial charge in [0.05, 0.1) is 0 Å². The molecule has 3 nitrogen and oxygen atoms in total. The van der Waals surface area contributed by atoms with Crippen LogP contribution < -0.4 is 5.32 Å². The Labute approximate surface area is 156 Å². The van der Waals surface area contributed by atoms with Crippen LogP contribution in [0, 0.1) is 10.5 Å². The molecule has 0 saturated carbocycles. The first kappa shape index (κ1) is 17.0. The number of carbonyl (C=O) groups is 1. The minimum absolute atomic E-state index is 0.0511. The Balaban J connectivity index is 2.05. The lowest BCUT2D eigenvalue weighted by Crippen LogP contribution is -2.17. The summed E-state index contributed by atoms with van der Waals surface area (Å²) in [4.78, 5) is 12.9. The lowest BCUT2D eigenvalue weighted by atomic mass is 10.1. The second kappa shape index (κ2) is 6.97. The summed E-state index contributed by atoms with van der Waals surface area (Å²) >= 11 is 2.26. The molecule has 1 heterocycles. The van der Waals surface area contributed by atoms with Crippen molar-refractivity contribution < 1.29 is 4.79 Å². The van der Waals surface area contributed by atoms with Gasteiger partial charge in [-0.3, -0.25) is 4.79 Å². The molecule has 0 unspecified atom stereocenters. The van der Waals surface area contributed by atoms with Crippen LogP contribution in [0.4, 0.5) is 5.69 Å². The van der Waals surface area contributed by atoms with E-state index in [1.54, 1.807) is 0 Å². The molecule has 1 amide bonds. The number of hydrogen-bond donors (Lipinski definition) is 1. The minimum atomic E-state index is -0.0511. The van der Waals surface area contributed by atoms with E-state index >= 15 is 0 Å². The second-order valence-electron chi connectivity index (χ2n) is 5.88. The third-order valence-corrected chi connectivity index (χ3v) is 5.14. The maximum absolute atomic E-state index is 12.9. The van der Waals surface area contributed by atoms with Crippen LogP contribution in [0.15, 0.2) is 42.5 Å². The van der Waals surface area contributed by atoms with Gasteiger partial charge in [-0.1, -0.05) is 13.0 Å². The number of nitrogens with one attached hydrogen (secondary N) is 1. The number of anilines is 1. The fourth-order valence-corrected chi connectivity index (χ4v) is 3.49. The molecule has 4 heteroatoms. The zero-order valence-electron chi connectivity index (χ0n) is 14.2. The lowest BCUT2D eigenvalue weighted by Gasteiger charge is -2.10. The predicted molar refractivity (Wildman–Crippen MR) is 109 cm³/mol. The molecule has 1 aromatic heterocycles. The Hall–Kier alpha value is -1.82. The predicted octanol–water partition coefficient (Wildman–Crippen LogP) is 5.39. The Morgan fingerprint density at radius 1 is 1.12 bits per heavy atom. The number of rotatable bonds is 4. The maximum Gasteiger partial charge on any atom is 0.272 e. The van der Waals surface area contributed by atoms with E-state index in [1.807, 2.05) is 31.2 Å². The molecule has 0 fully saturated rings. The van der Waals surface area contributed by atoms with Gasteiger partial charge >= 0.3 is 0 Å². The molecule has 0 bridgehead atoms. The highest BCUT2D eigenvalue weighted by Crippen LogP contribution is 2.28. The molecular formula is C20H21IN2O. The van der Waals surface area contributed by atoms with Crippen LogP contribution in [-0.2, 0) is 13.0 Å². The van der Waals surface area contributed by atoms with Crippen molar-refractivity contribution in [2.75, 3.05) is 5.32 Å². The van der Waals surface area contributed by atoms with Crippen molar-refractivity contribution in [2.45, 2.75) is 33.7 Å². The van der Waals surface area contributed by atoms with E-state index in [2.05, 4.69) is 64.5 Å². The number of aromatic nitrogens is 1. The number of halogens is 1. The van der Waals surface area contributed by atoms with Crippen molar-refractivity contribution in [1.82, 2.24) is 4.57 Å². The number of benzene rings is 2. The molecule has 124 valence electrons. The smallest absolute Gasteiger partial charge is 0.272 e. The summed E-state index contributed by atoms with van der Waals surface area (Å²) in [5.41, 5.74) is 5.04. The van der Waals surface area contributed by atoms with Gasteiger partial charge in [-0.05, 0) is 90.4 Å². The third kappa shape index (κ3) is 3.07. The SMILES string of the molecule is CCc1ccc2c(c1)c(C)c(C(=O)Nc1ccc(I)cc1)n2CC. The van der Waals surface area contributed by atoms with Gasteiger partial charge in [-0.15, -0.1) is 0 Å². The van der Waals surface area contributed by atoms with Gasteiger partial charge in [0.25, 0.3) is 5.91 Å². The summed E-state index contributed by atoms with van der Waals surface area (Å²) in [5.74, 6) is -0.0511. The molecule has 0 aliphatic heterocycles. The standard InChI is InChI=1S/C20H21IN2O/c1-4-14-6-11-18-17(12-14)13(3)19(23(18)5-2)20(24)22-16-9-7-15(21)8-10-16/h6-12H,4-5H2,1-3H3,(H,22,24). The van der Waals surface area contributed by atoms with Crippen molar-refractivity contribution in [3.63, 3.8) is 0 Å². The average molecular weight is 432 g/mol. The number of fused-ring (bicyclic) bond motifs is 1. The Kier molecular flexibility index (Phi) is 4.94. The van der Waals surface area contributed by atoms with Gasteiger partial charge in [0.15, 0.2) is 0 Å². The monoisotopic (exact) mass is 432 g/mol. The molecule has 0 spiro atoms. The van der Waals surface area contributed by atoms with E-state index in [4.69, 9.17) is 0 Å². The number of amides is 1. The Morgan fingerprint density at radius 2 is 1.83 bits per heavy atom. The molecular weight excluding hydrogens is 411 g/mol. The normalized spacial score (nSPS) is 11.0. The first-order chi connectivity index (χ1) is 11.5. The molecule has 0 atom stereocenters. The molecule has 3 rings (SSSR count). The van der Waals surface area contributed by atoms with Crippen LogP contribution in [0.5, 0.6) is 0 Å². The topological polar surface area (TPSA) is 34.0 Å². The van der Waals surface area contributed by atoms with E-state index < -0.39 is 0 Å². The highest BCUT2D eigenvalue weighted by molar-refractivity contribution is 14.1. The number of aryl methyl sites for hydroxylation is 3. The molecule has 0 aliphatic carbocycles. The largest absolute Gasteiger partial charge is 0.337 e. The first-order valence-electron chi connectivity index (χ1n) is 8.23. The zero-order chi connectivity index (χ0) is 17.3. The van der Waals surface area contributed by atoms with Gasteiger partial charge in [0.2, 0.25) is 0 Å². The molecule has 1 N–H and O–H groups in total. The van der Waals surface area contributed by atoms with Crippen LogP contribution in [0.25, 0.3) is 10.9 Å². The van der Waals surface area contributed by atoms with E-state index in [9.17, 15) is 4.79 Å². The Bertz CT molecular complexity index is 894. The van der Waals surface area contributed by atoms with Crippen LogP contribution in [0.1, 0.15) is 35.5 Å². The van der Waals surface area contributed by atoms with Gasteiger partial charge in [0, 0.05) is 26.7 Å². The highest BCUT2D eigenvalue weighted by atomic mass is 127. The summed E-state index contributed by atoms with van der Waals surface area (Å²) in [6, 6.07) is 14.3. The molecule has 3 aromatic rings. The van der Waals surface area contributed by atoms with Crippen molar-refractivity contribution in [2.24, 2.45) is 0 Å². The average Bonchev–Trinajstić information content (AvgIpc) is 2.88. The number of hydrogen-bond acceptors (Lipinski definition) is 1. The fourth-order valence-electron chi connectivity index (χ4n) is 3.13. The van der Waals surface area contributed by atoms with E-state index in [0.29, 0.717) is 0 Å². The summed E-state index contributed by atoms with van der Waals surface area (Å²) in [7, 11) is 0.